The van der Waals surface area contributed by atoms with E-state index in [9.17, 15) is 0 Å². The second-order valence-electron chi connectivity index (χ2n) is 9.39. The molecule has 2 heterocycles. The molecule has 0 fully saturated rings. The minimum atomic E-state index is 1.03. The summed E-state index contributed by atoms with van der Waals surface area (Å²) < 4.78 is 6.60. The summed E-state index contributed by atoms with van der Waals surface area (Å²) in [6.07, 6.45) is 0. The highest BCUT2D eigenvalue weighted by Gasteiger charge is 2.23. The molecule has 3 aromatic carbocycles. The Kier molecular flexibility index (Phi) is 4.11. The average Bonchev–Trinajstić information content (AvgIpc) is 3.32. The number of aromatic nitrogens is 1. The van der Waals surface area contributed by atoms with Crippen molar-refractivity contribution in [3.63, 3.8) is 0 Å². The van der Waals surface area contributed by atoms with E-state index in [2.05, 4.69) is 83.4 Å². The van der Waals surface area contributed by atoms with Crippen LogP contribution in [0.2, 0.25) is 0 Å². The van der Waals surface area contributed by atoms with Crippen LogP contribution in [0.15, 0.2) is 4.42 Å². The van der Waals surface area contributed by atoms with E-state index in [1.54, 1.807) is 0 Å². The van der Waals surface area contributed by atoms with Gasteiger partial charge in [-0.2, -0.15) is 0 Å². The standard InChI is InChI=1S/C18H21B10NO/c19-5-1-2-6(20)8(22)10(24)12(26)15(2)29-16(1)14(28)18-3(5)4-7(21)9(23)11(25)13(27)17(4)30-18/h29H,19-28H2. The molecular formula is C18H21B10NO. The second-order valence-corrected chi connectivity index (χ2v) is 9.39. The van der Waals surface area contributed by atoms with Crippen LogP contribution in [0.25, 0.3) is 43.7 Å². The van der Waals surface area contributed by atoms with Crippen molar-refractivity contribution in [3.05, 3.63) is 0 Å². The first-order valence-corrected chi connectivity index (χ1v) is 10.9. The molecule has 0 amide bonds. The molecule has 30 heavy (non-hydrogen) atoms. The highest BCUT2D eigenvalue weighted by atomic mass is 16.3. The van der Waals surface area contributed by atoms with Crippen LogP contribution in [-0.2, 0) is 0 Å². The first kappa shape index (κ1) is 19.8. The van der Waals surface area contributed by atoms with Crippen LogP contribution in [0, 0.1) is 0 Å². The molecule has 2 nitrogen and oxygen atoms in total. The van der Waals surface area contributed by atoms with Crippen LogP contribution in [0.1, 0.15) is 0 Å². The third-order valence-corrected chi connectivity index (χ3v) is 8.21. The molecule has 1 N–H and O–H groups in total. The molecular weight excluding hydrogens is 354 g/mol. The molecule has 0 radical (unpaired) electrons. The summed E-state index contributed by atoms with van der Waals surface area (Å²) in [5.74, 6) is 0. The predicted molar refractivity (Wildman–Crippen MR) is 165 cm³/mol. The number of nitrogens with one attached hydrogen (secondary N) is 1. The molecule has 0 saturated heterocycles. The van der Waals surface area contributed by atoms with E-state index >= 15 is 0 Å². The van der Waals surface area contributed by atoms with Crippen LogP contribution < -0.4 is 54.6 Å². The lowest BCUT2D eigenvalue weighted by molar-refractivity contribution is 0.675. The predicted octanol–water partition coefficient (Wildman–Crippen LogP) is -12.2. The van der Waals surface area contributed by atoms with Gasteiger partial charge in [0.25, 0.3) is 0 Å². The lowest BCUT2D eigenvalue weighted by atomic mass is 9.64. The fourth-order valence-electron chi connectivity index (χ4n) is 5.58. The van der Waals surface area contributed by atoms with Gasteiger partial charge in [0.1, 0.15) is 89.6 Å². The Morgan fingerprint density at radius 2 is 0.767 bits per heavy atom. The number of fused-ring (bicyclic) bond motifs is 6. The molecule has 5 aromatic rings. The minimum absolute atomic E-state index is 1.03. The number of aromatic amines is 1. The maximum atomic E-state index is 6.60. The average molecular weight is 375 g/mol. The van der Waals surface area contributed by atoms with Crippen molar-refractivity contribution < 1.29 is 4.42 Å². The maximum absolute atomic E-state index is 6.60. The number of benzene rings is 3. The van der Waals surface area contributed by atoms with Crippen molar-refractivity contribution >= 4 is 177 Å². The van der Waals surface area contributed by atoms with Crippen LogP contribution in [0.5, 0.6) is 0 Å². The quantitative estimate of drug-likeness (QED) is 0.268. The molecule has 0 spiro atoms. The SMILES string of the molecule is Bc1c(B)c(B)c2c([nH]c3c(B)c4oc5c(B)c(B)c(B)c(B)c5c4c(B)c32)c1B. The molecule has 0 aliphatic rings. The number of H-pyrrole nitrogens is 1. The van der Waals surface area contributed by atoms with Crippen molar-refractivity contribution in [2.24, 2.45) is 0 Å². The molecule has 0 atom stereocenters. The van der Waals surface area contributed by atoms with Crippen molar-refractivity contribution in [1.82, 2.24) is 4.98 Å². The fraction of sp³-hybridized carbons (Fsp3) is 0. The van der Waals surface area contributed by atoms with Crippen molar-refractivity contribution in [3.8, 4) is 0 Å². The van der Waals surface area contributed by atoms with E-state index in [1.165, 1.54) is 87.2 Å². The summed E-state index contributed by atoms with van der Waals surface area (Å²) in [5.41, 5.74) is 17.9. The largest absolute Gasteiger partial charge is 0.457 e. The molecule has 12 heteroatoms. The van der Waals surface area contributed by atoms with Crippen molar-refractivity contribution in [2.75, 3.05) is 0 Å². The van der Waals surface area contributed by atoms with Gasteiger partial charge in [-0.15, -0.1) is 10.9 Å². The van der Waals surface area contributed by atoms with E-state index < -0.39 is 0 Å². The zero-order valence-corrected chi connectivity index (χ0v) is 19.9. The summed E-state index contributed by atoms with van der Waals surface area (Å²) in [4.78, 5) is 3.79. The van der Waals surface area contributed by atoms with Gasteiger partial charge in [0.2, 0.25) is 0 Å². The molecule has 0 unspecified atom stereocenters. The first-order valence-electron chi connectivity index (χ1n) is 10.9. The molecule has 5 rings (SSSR count). The maximum Gasteiger partial charge on any atom is 0.147 e. The highest BCUT2D eigenvalue weighted by Crippen LogP contribution is 2.28. The Hall–Kier alpha value is -2.09. The summed E-state index contributed by atoms with van der Waals surface area (Å²) in [6, 6.07) is 0. The van der Waals surface area contributed by atoms with Crippen molar-refractivity contribution in [2.45, 2.75) is 0 Å². The number of furan rings is 1. The van der Waals surface area contributed by atoms with Gasteiger partial charge in [-0.05, 0) is 10.8 Å². The molecule has 0 aliphatic heterocycles. The summed E-state index contributed by atoms with van der Waals surface area (Å²) in [7, 11) is 22.4. The Labute approximate surface area is 186 Å². The third-order valence-electron chi connectivity index (χ3n) is 8.21. The number of rotatable bonds is 0. The topological polar surface area (TPSA) is 28.9 Å². The van der Waals surface area contributed by atoms with Gasteiger partial charge in [0, 0.05) is 27.2 Å². The fourth-order valence-corrected chi connectivity index (χ4v) is 5.58. The zero-order valence-electron chi connectivity index (χ0n) is 19.9. The van der Waals surface area contributed by atoms with Crippen LogP contribution in [0.3, 0.4) is 0 Å². The van der Waals surface area contributed by atoms with Crippen LogP contribution >= 0.6 is 0 Å². The second kappa shape index (κ2) is 6.22. The Balaban J connectivity index is 2.15. The molecule has 0 bridgehead atoms. The molecule has 0 saturated carbocycles. The Bertz CT molecular complexity index is 1480. The van der Waals surface area contributed by atoms with Gasteiger partial charge in [-0.1, -0.05) is 38.2 Å². The Morgan fingerprint density at radius 3 is 1.40 bits per heavy atom. The highest BCUT2D eigenvalue weighted by molar-refractivity contribution is 6.71. The zero-order chi connectivity index (χ0) is 21.8. The van der Waals surface area contributed by atoms with Gasteiger partial charge < -0.3 is 9.40 Å². The van der Waals surface area contributed by atoms with E-state index in [-0.39, 0.29) is 0 Å². The van der Waals surface area contributed by atoms with E-state index in [0.29, 0.717) is 0 Å². The van der Waals surface area contributed by atoms with Crippen LogP contribution in [0.4, 0.5) is 0 Å². The van der Waals surface area contributed by atoms with Gasteiger partial charge >= 0.3 is 0 Å². The Morgan fingerprint density at radius 1 is 0.367 bits per heavy atom. The van der Waals surface area contributed by atoms with Crippen molar-refractivity contribution in [1.29, 1.82) is 0 Å². The normalized spacial score (nSPS) is 12.0. The summed E-state index contributed by atoms with van der Waals surface area (Å²) in [5, 5.41) is 5.31. The first-order chi connectivity index (χ1) is 14.1. The lowest BCUT2D eigenvalue weighted by Crippen LogP contribution is -2.47. The molecule has 134 valence electrons. The van der Waals surface area contributed by atoms with Crippen LogP contribution in [-0.4, -0.2) is 83.4 Å². The number of hydrogen-bond donors (Lipinski definition) is 1. The monoisotopic (exact) mass is 377 g/mol. The van der Waals surface area contributed by atoms with Gasteiger partial charge in [0.15, 0.2) is 0 Å². The molecule has 2 aromatic heterocycles. The van der Waals surface area contributed by atoms with Gasteiger partial charge in [0.05, 0.1) is 0 Å². The van der Waals surface area contributed by atoms with Gasteiger partial charge in [-0.3, -0.25) is 0 Å². The summed E-state index contributed by atoms with van der Waals surface area (Å²) >= 11 is 0. The third kappa shape index (κ3) is 2.18. The van der Waals surface area contributed by atoms with Gasteiger partial charge in [-0.25, -0.2) is 0 Å². The van der Waals surface area contributed by atoms with E-state index in [1.807, 2.05) is 0 Å². The van der Waals surface area contributed by atoms with E-state index in [0.717, 1.165) is 11.2 Å². The lowest BCUT2D eigenvalue weighted by Gasteiger charge is -2.13. The smallest absolute Gasteiger partial charge is 0.147 e. The summed E-state index contributed by atoms with van der Waals surface area (Å²) in [6.45, 7) is 0. The molecule has 0 aliphatic carbocycles. The van der Waals surface area contributed by atoms with E-state index in [4.69, 9.17) is 4.42 Å². The number of hydrogen-bond acceptors (Lipinski definition) is 1. The minimum Gasteiger partial charge on any atom is -0.457 e.